The van der Waals surface area contributed by atoms with Gasteiger partial charge in [-0.05, 0) is 31.1 Å². The van der Waals surface area contributed by atoms with Crippen LogP contribution in [-0.4, -0.2) is 25.0 Å². The summed E-state index contributed by atoms with van der Waals surface area (Å²) in [6.45, 7) is 10.1. The Hall–Kier alpha value is -0.570. The van der Waals surface area contributed by atoms with Crippen LogP contribution in [0.15, 0.2) is 0 Å². The Bertz CT molecular complexity index is 222. The summed E-state index contributed by atoms with van der Waals surface area (Å²) in [5, 5.41) is 6.23. The minimum atomic E-state index is -0.0684. The summed E-state index contributed by atoms with van der Waals surface area (Å²) in [4.78, 5) is 11.6. The molecule has 1 atom stereocenters. The van der Waals surface area contributed by atoms with Crippen LogP contribution < -0.4 is 10.6 Å². The van der Waals surface area contributed by atoms with Gasteiger partial charge in [0, 0.05) is 13.1 Å². The zero-order valence-corrected chi connectivity index (χ0v) is 10.4. The number of rotatable bonds is 6. The second kappa shape index (κ2) is 4.97. The van der Waals surface area contributed by atoms with Crippen LogP contribution in [0.2, 0.25) is 0 Å². The highest BCUT2D eigenvalue weighted by Gasteiger charge is 2.37. The van der Waals surface area contributed by atoms with E-state index in [1.807, 2.05) is 6.92 Å². The van der Waals surface area contributed by atoms with Gasteiger partial charge in [0.25, 0.3) is 0 Å². The van der Waals surface area contributed by atoms with Crippen molar-refractivity contribution >= 4 is 5.91 Å². The summed E-state index contributed by atoms with van der Waals surface area (Å²) in [5.41, 5.74) is 0.465. The zero-order valence-electron chi connectivity index (χ0n) is 10.4. The first-order chi connectivity index (χ1) is 6.93. The molecule has 0 aliphatic heterocycles. The summed E-state index contributed by atoms with van der Waals surface area (Å²) in [5.74, 6) is 0.634. The zero-order chi connectivity index (χ0) is 11.5. The summed E-state index contributed by atoms with van der Waals surface area (Å²) < 4.78 is 0. The average molecular weight is 212 g/mol. The Kier molecular flexibility index (Phi) is 4.14. The molecule has 15 heavy (non-hydrogen) atoms. The van der Waals surface area contributed by atoms with Gasteiger partial charge >= 0.3 is 0 Å². The third-order valence-electron chi connectivity index (χ3n) is 3.02. The van der Waals surface area contributed by atoms with Gasteiger partial charge < -0.3 is 10.6 Å². The molecule has 0 aromatic rings. The molecule has 1 fully saturated rings. The molecule has 1 rings (SSSR count). The molecule has 1 saturated carbocycles. The molecule has 3 nitrogen and oxygen atoms in total. The van der Waals surface area contributed by atoms with Crippen LogP contribution in [-0.2, 0) is 4.79 Å². The Balaban J connectivity index is 2.15. The number of carbonyl (C=O) groups is 1. The molecule has 0 saturated heterocycles. The monoisotopic (exact) mass is 212 g/mol. The minimum Gasteiger partial charge on any atom is -0.354 e. The molecule has 0 bridgehead atoms. The first-order valence-corrected chi connectivity index (χ1v) is 5.94. The van der Waals surface area contributed by atoms with Crippen molar-refractivity contribution in [2.24, 2.45) is 11.3 Å². The van der Waals surface area contributed by atoms with E-state index >= 15 is 0 Å². The lowest BCUT2D eigenvalue weighted by Crippen LogP contribution is -2.44. The Labute approximate surface area is 93.0 Å². The van der Waals surface area contributed by atoms with Crippen molar-refractivity contribution in [3.05, 3.63) is 0 Å². The third-order valence-corrected chi connectivity index (χ3v) is 3.02. The van der Waals surface area contributed by atoms with E-state index in [0.29, 0.717) is 11.3 Å². The Morgan fingerprint density at radius 2 is 1.93 bits per heavy atom. The van der Waals surface area contributed by atoms with Crippen molar-refractivity contribution < 1.29 is 4.79 Å². The molecule has 1 aliphatic carbocycles. The van der Waals surface area contributed by atoms with E-state index < -0.39 is 0 Å². The van der Waals surface area contributed by atoms with Gasteiger partial charge in [-0.2, -0.15) is 0 Å². The highest BCUT2D eigenvalue weighted by molar-refractivity contribution is 5.81. The summed E-state index contributed by atoms with van der Waals surface area (Å²) in [6.07, 6.45) is 2.58. The van der Waals surface area contributed by atoms with Gasteiger partial charge in [0.05, 0.1) is 6.04 Å². The van der Waals surface area contributed by atoms with Crippen molar-refractivity contribution in [2.45, 2.75) is 46.6 Å². The lowest BCUT2D eigenvalue weighted by Gasteiger charge is -2.17. The molecule has 3 heteroatoms. The molecule has 1 aliphatic rings. The molecule has 1 unspecified atom stereocenters. The van der Waals surface area contributed by atoms with Crippen LogP contribution in [0.25, 0.3) is 0 Å². The van der Waals surface area contributed by atoms with Crippen molar-refractivity contribution in [3.63, 3.8) is 0 Å². The molecular formula is C12H24N2O. The van der Waals surface area contributed by atoms with Gasteiger partial charge in [0.2, 0.25) is 5.91 Å². The highest BCUT2D eigenvalue weighted by Crippen LogP contribution is 2.44. The normalized spacial score (nSPS) is 20.1. The van der Waals surface area contributed by atoms with E-state index in [4.69, 9.17) is 0 Å². The topological polar surface area (TPSA) is 41.1 Å². The van der Waals surface area contributed by atoms with Gasteiger partial charge in [-0.25, -0.2) is 0 Å². The van der Waals surface area contributed by atoms with Crippen LogP contribution in [0.1, 0.15) is 40.5 Å². The lowest BCUT2D eigenvalue weighted by atomic mass is 10.1. The minimum absolute atomic E-state index is 0.0684. The number of amides is 1. The number of carbonyl (C=O) groups excluding carboxylic acids is 1. The molecular weight excluding hydrogens is 188 g/mol. The third kappa shape index (κ3) is 4.65. The smallest absolute Gasteiger partial charge is 0.236 e. The SMILES string of the molecule is CC(C)CNC(=O)C(C)NCC1(C)CC1. The molecule has 0 radical (unpaired) electrons. The van der Waals surface area contributed by atoms with Crippen LogP contribution in [0.5, 0.6) is 0 Å². The summed E-state index contributed by atoms with van der Waals surface area (Å²) in [6, 6.07) is -0.0684. The maximum absolute atomic E-state index is 11.6. The maximum atomic E-state index is 11.6. The van der Waals surface area contributed by atoms with Gasteiger partial charge in [-0.15, -0.1) is 0 Å². The summed E-state index contributed by atoms with van der Waals surface area (Å²) in [7, 11) is 0. The second-order valence-corrected chi connectivity index (χ2v) is 5.55. The van der Waals surface area contributed by atoms with E-state index in [1.54, 1.807) is 0 Å². The molecule has 0 aromatic heterocycles. The molecule has 88 valence electrons. The standard InChI is InChI=1S/C12H24N2O/c1-9(2)7-13-11(15)10(3)14-8-12(4)5-6-12/h9-10,14H,5-8H2,1-4H3,(H,13,15). The number of hydrogen-bond acceptors (Lipinski definition) is 2. The number of nitrogens with one attached hydrogen (secondary N) is 2. The molecule has 0 spiro atoms. The van der Waals surface area contributed by atoms with Crippen molar-refractivity contribution in [1.29, 1.82) is 0 Å². The van der Waals surface area contributed by atoms with Gasteiger partial charge in [0.15, 0.2) is 0 Å². The van der Waals surface area contributed by atoms with Crippen molar-refractivity contribution in [1.82, 2.24) is 10.6 Å². The van der Waals surface area contributed by atoms with E-state index in [9.17, 15) is 4.79 Å². The predicted octanol–water partition coefficient (Wildman–Crippen LogP) is 1.54. The fourth-order valence-electron chi connectivity index (χ4n) is 1.34. The quantitative estimate of drug-likeness (QED) is 0.701. The molecule has 2 N–H and O–H groups in total. The van der Waals surface area contributed by atoms with Gasteiger partial charge in [-0.3, -0.25) is 4.79 Å². The fourth-order valence-corrected chi connectivity index (χ4v) is 1.34. The van der Waals surface area contributed by atoms with Crippen LogP contribution >= 0.6 is 0 Å². The van der Waals surface area contributed by atoms with E-state index in [0.717, 1.165) is 13.1 Å². The lowest BCUT2D eigenvalue weighted by molar-refractivity contribution is -0.122. The fraction of sp³-hybridized carbons (Fsp3) is 0.917. The molecule has 1 amide bonds. The first-order valence-electron chi connectivity index (χ1n) is 5.94. The van der Waals surface area contributed by atoms with Crippen LogP contribution in [0, 0.1) is 11.3 Å². The predicted molar refractivity (Wildman–Crippen MR) is 62.7 cm³/mol. The largest absolute Gasteiger partial charge is 0.354 e. The van der Waals surface area contributed by atoms with Crippen LogP contribution in [0.3, 0.4) is 0 Å². The van der Waals surface area contributed by atoms with E-state index in [-0.39, 0.29) is 11.9 Å². The van der Waals surface area contributed by atoms with Crippen LogP contribution in [0.4, 0.5) is 0 Å². The first kappa shape index (κ1) is 12.5. The summed E-state index contributed by atoms with van der Waals surface area (Å²) >= 11 is 0. The molecule has 0 aromatic carbocycles. The maximum Gasteiger partial charge on any atom is 0.236 e. The van der Waals surface area contributed by atoms with E-state index in [1.165, 1.54) is 12.8 Å². The second-order valence-electron chi connectivity index (χ2n) is 5.55. The highest BCUT2D eigenvalue weighted by atomic mass is 16.2. The number of hydrogen-bond donors (Lipinski definition) is 2. The average Bonchev–Trinajstić information content (AvgIpc) is 2.90. The van der Waals surface area contributed by atoms with Gasteiger partial charge in [0.1, 0.15) is 0 Å². The Morgan fingerprint density at radius 1 is 1.33 bits per heavy atom. The van der Waals surface area contributed by atoms with E-state index in [2.05, 4.69) is 31.4 Å². The molecule has 0 heterocycles. The van der Waals surface area contributed by atoms with Crippen molar-refractivity contribution in [2.75, 3.05) is 13.1 Å². The van der Waals surface area contributed by atoms with Gasteiger partial charge in [-0.1, -0.05) is 20.8 Å². The Morgan fingerprint density at radius 3 is 2.40 bits per heavy atom. The van der Waals surface area contributed by atoms with Crippen molar-refractivity contribution in [3.8, 4) is 0 Å².